The minimum Gasteiger partial charge on any atom is -0.370 e. The third-order valence-electron chi connectivity index (χ3n) is 3.49. The lowest BCUT2D eigenvalue weighted by atomic mass is 10.2. The zero-order valence-corrected chi connectivity index (χ0v) is 12.4. The number of amides is 1. The molecule has 1 saturated heterocycles. The summed E-state index contributed by atoms with van der Waals surface area (Å²) in [4.78, 5) is 23.9. The Hall–Kier alpha value is -2.29. The molecule has 1 aliphatic heterocycles. The van der Waals surface area contributed by atoms with Crippen molar-refractivity contribution >= 4 is 17.5 Å². The fourth-order valence-corrected chi connectivity index (χ4v) is 2.14. The van der Waals surface area contributed by atoms with Gasteiger partial charge in [0.25, 0.3) is 0 Å². The van der Waals surface area contributed by atoms with E-state index in [2.05, 4.69) is 21.2 Å². The van der Waals surface area contributed by atoms with Gasteiger partial charge in [0.2, 0.25) is 5.91 Å². The summed E-state index contributed by atoms with van der Waals surface area (Å²) in [5.74, 6) is 4.32. The summed E-state index contributed by atoms with van der Waals surface area (Å²) in [6.07, 6.45) is 9.57. The molecule has 21 heavy (non-hydrogen) atoms. The van der Waals surface area contributed by atoms with Crippen LogP contribution in [0.4, 0.5) is 11.6 Å². The monoisotopic (exact) mass is 287 g/mol. The Labute approximate surface area is 125 Å². The van der Waals surface area contributed by atoms with Crippen molar-refractivity contribution in [2.75, 3.05) is 43.4 Å². The van der Waals surface area contributed by atoms with Crippen molar-refractivity contribution in [2.24, 2.45) is 0 Å². The number of carbonyl (C=O) groups is 1. The molecule has 0 bridgehead atoms. The van der Waals surface area contributed by atoms with Crippen molar-refractivity contribution in [3.05, 3.63) is 12.4 Å². The van der Waals surface area contributed by atoms with Crippen molar-refractivity contribution in [1.29, 1.82) is 0 Å². The van der Waals surface area contributed by atoms with E-state index in [4.69, 9.17) is 6.42 Å². The van der Waals surface area contributed by atoms with Crippen LogP contribution in [0.1, 0.15) is 19.3 Å². The van der Waals surface area contributed by atoms with Crippen LogP contribution in [0.25, 0.3) is 0 Å². The summed E-state index contributed by atoms with van der Waals surface area (Å²) in [5.41, 5.74) is 0. The van der Waals surface area contributed by atoms with Gasteiger partial charge in [-0.25, -0.2) is 9.97 Å². The first-order chi connectivity index (χ1) is 10.2. The van der Waals surface area contributed by atoms with Gasteiger partial charge in [0, 0.05) is 39.2 Å². The van der Waals surface area contributed by atoms with Crippen LogP contribution in [0.2, 0.25) is 0 Å². The van der Waals surface area contributed by atoms with Gasteiger partial charge in [-0.1, -0.05) is 0 Å². The topological polar surface area (TPSA) is 61.4 Å². The molecule has 6 heteroatoms. The lowest BCUT2D eigenvalue weighted by Gasteiger charge is -2.32. The fraction of sp³-hybridized carbons (Fsp3) is 0.533. The highest BCUT2D eigenvalue weighted by Gasteiger charge is 2.22. The van der Waals surface area contributed by atoms with Crippen LogP contribution in [-0.2, 0) is 4.79 Å². The number of hydrogen-bond acceptors (Lipinski definition) is 5. The summed E-state index contributed by atoms with van der Waals surface area (Å²) < 4.78 is 0. The highest BCUT2D eigenvalue weighted by molar-refractivity contribution is 5.82. The quantitative estimate of drug-likeness (QED) is 0.624. The molecular formula is C15H21N5O. The predicted molar refractivity (Wildman–Crippen MR) is 83.1 cm³/mol. The maximum atomic E-state index is 11.7. The number of aromatic nitrogens is 2. The average molecular weight is 287 g/mol. The first-order valence-electron chi connectivity index (χ1n) is 7.19. The van der Waals surface area contributed by atoms with Gasteiger partial charge >= 0.3 is 0 Å². The molecule has 0 atom stereocenters. The van der Waals surface area contributed by atoms with E-state index < -0.39 is 0 Å². The molecule has 1 aromatic rings. The second-order valence-electron chi connectivity index (χ2n) is 5.09. The maximum Gasteiger partial charge on any atom is 0.241 e. The minimum atomic E-state index is 0.114. The lowest BCUT2D eigenvalue weighted by Crippen LogP contribution is -2.48. The number of nitrogens with one attached hydrogen (secondary N) is 1. The Kier molecular flexibility index (Phi) is 5.38. The van der Waals surface area contributed by atoms with Gasteiger partial charge in [0.15, 0.2) is 0 Å². The van der Waals surface area contributed by atoms with E-state index in [0.29, 0.717) is 6.54 Å². The summed E-state index contributed by atoms with van der Waals surface area (Å²) >= 11 is 0. The Balaban J connectivity index is 1.89. The fourth-order valence-electron chi connectivity index (χ4n) is 2.14. The SMILES string of the molecule is C#CCCCCNc1cc(N2CCN(C)C(=O)C2)ncn1. The van der Waals surface area contributed by atoms with Gasteiger partial charge in [-0.15, -0.1) is 12.3 Å². The van der Waals surface area contributed by atoms with Crippen LogP contribution in [0.3, 0.4) is 0 Å². The highest BCUT2D eigenvalue weighted by Crippen LogP contribution is 2.16. The number of carbonyl (C=O) groups excluding carboxylic acids is 1. The van der Waals surface area contributed by atoms with Gasteiger partial charge in [-0.05, 0) is 12.8 Å². The molecule has 2 heterocycles. The largest absolute Gasteiger partial charge is 0.370 e. The van der Waals surface area contributed by atoms with Crippen LogP contribution >= 0.6 is 0 Å². The summed E-state index contributed by atoms with van der Waals surface area (Å²) in [5, 5.41) is 3.26. The molecule has 0 radical (unpaired) electrons. The third kappa shape index (κ3) is 4.35. The van der Waals surface area contributed by atoms with Gasteiger partial charge in [0.05, 0.1) is 6.54 Å². The molecule has 6 nitrogen and oxygen atoms in total. The molecule has 0 saturated carbocycles. The van der Waals surface area contributed by atoms with Crippen LogP contribution in [-0.4, -0.2) is 54.0 Å². The van der Waals surface area contributed by atoms with Gasteiger partial charge < -0.3 is 15.1 Å². The Bertz CT molecular complexity index is 525. The standard InChI is InChI=1S/C15H21N5O/c1-3-4-5-6-7-16-13-10-14(18-12-17-13)20-9-8-19(2)15(21)11-20/h1,10,12H,4-9,11H2,2H3,(H,16,17,18). The molecule has 0 aliphatic carbocycles. The minimum absolute atomic E-state index is 0.114. The van der Waals surface area contributed by atoms with Crippen molar-refractivity contribution in [3.63, 3.8) is 0 Å². The molecule has 1 amide bonds. The van der Waals surface area contributed by atoms with Crippen LogP contribution in [0.5, 0.6) is 0 Å². The second kappa shape index (κ2) is 7.48. The number of terminal acetylenes is 1. The van der Waals surface area contributed by atoms with Crippen molar-refractivity contribution in [1.82, 2.24) is 14.9 Å². The van der Waals surface area contributed by atoms with Crippen LogP contribution in [0.15, 0.2) is 12.4 Å². The molecule has 0 aromatic carbocycles. The van der Waals surface area contributed by atoms with Gasteiger partial charge in [-0.2, -0.15) is 0 Å². The van der Waals surface area contributed by atoms with Crippen LogP contribution in [0, 0.1) is 12.3 Å². The van der Waals surface area contributed by atoms with Crippen molar-refractivity contribution < 1.29 is 4.79 Å². The molecule has 0 spiro atoms. The zero-order valence-electron chi connectivity index (χ0n) is 12.4. The molecule has 1 aromatic heterocycles. The normalized spacial score (nSPS) is 15.0. The number of anilines is 2. The van der Waals surface area contributed by atoms with Gasteiger partial charge in [-0.3, -0.25) is 4.79 Å². The number of likely N-dealkylation sites (N-methyl/N-ethyl adjacent to an activating group) is 1. The maximum absolute atomic E-state index is 11.7. The Morgan fingerprint density at radius 1 is 1.38 bits per heavy atom. The summed E-state index contributed by atoms with van der Waals surface area (Å²) in [6.45, 7) is 2.72. The lowest BCUT2D eigenvalue weighted by molar-refractivity contribution is -0.129. The smallest absolute Gasteiger partial charge is 0.241 e. The van der Waals surface area contributed by atoms with E-state index in [1.807, 2.05) is 18.0 Å². The van der Waals surface area contributed by atoms with E-state index in [1.54, 1.807) is 4.90 Å². The summed E-state index contributed by atoms with van der Waals surface area (Å²) in [6, 6.07) is 1.89. The number of hydrogen-bond donors (Lipinski definition) is 1. The Morgan fingerprint density at radius 2 is 2.24 bits per heavy atom. The van der Waals surface area contributed by atoms with E-state index in [0.717, 1.165) is 50.5 Å². The molecule has 1 fully saturated rings. The number of nitrogens with zero attached hydrogens (tertiary/aromatic N) is 4. The zero-order chi connectivity index (χ0) is 15.1. The molecule has 2 rings (SSSR count). The highest BCUT2D eigenvalue weighted by atomic mass is 16.2. The van der Waals surface area contributed by atoms with Gasteiger partial charge in [0.1, 0.15) is 18.0 Å². The number of piperazine rings is 1. The number of rotatable bonds is 6. The molecule has 112 valence electrons. The molecule has 0 unspecified atom stereocenters. The molecular weight excluding hydrogens is 266 g/mol. The van der Waals surface area contributed by atoms with Crippen molar-refractivity contribution in [2.45, 2.75) is 19.3 Å². The Morgan fingerprint density at radius 3 is 3.00 bits per heavy atom. The molecule has 1 N–H and O–H groups in total. The average Bonchev–Trinajstić information content (AvgIpc) is 2.50. The van der Waals surface area contributed by atoms with E-state index >= 15 is 0 Å². The predicted octanol–water partition coefficient (Wildman–Crippen LogP) is 0.970. The van der Waals surface area contributed by atoms with E-state index in [1.165, 1.54) is 6.33 Å². The van der Waals surface area contributed by atoms with Crippen LogP contribution < -0.4 is 10.2 Å². The van der Waals surface area contributed by atoms with E-state index in [-0.39, 0.29) is 5.91 Å². The van der Waals surface area contributed by atoms with Crippen molar-refractivity contribution in [3.8, 4) is 12.3 Å². The van der Waals surface area contributed by atoms with E-state index in [9.17, 15) is 4.79 Å². The first-order valence-corrected chi connectivity index (χ1v) is 7.19. The molecule has 1 aliphatic rings. The first kappa shape index (κ1) is 15.1. The summed E-state index contributed by atoms with van der Waals surface area (Å²) in [7, 11) is 1.82. The third-order valence-corrected chi connectivity index (χ3v) is 3.49. The second-order valence-corrected chi connectivity index (χ2v) is 5.09. The number of unbranched alkanes of at least 4 members (excludes halogenated alkanes) is 2.